The van der Waals surface area contributed by atoms with Gasteiger partial charge < -0.3 is 10.6 Å². The van der Waals surface area contributed by atoms with Gasteiger partial charge in [-0.05, 0) is 53.0 Å². The highest BCUT2D eigenvalue weighted by Crippen LogP contribution is 2.16. The molecule has 144 valence electrons. The summed E-state index contributed by atoms with van der Waals surface area (Å²) in [6.07, 6.45) is 0.680. The monoisotopic (exact) mass is 382 g/mol. The summed E-state index contributed by atoms with van der Waals surface area (Å²) in [7, 11) is 0. The highest BCUT2D eigenvalue weighted by Gasteiger charge is 2.18. The number of urea groups is 1. The number of nitrogens with zero attached hydrogens (tertiary/aromatic N) is 2. The molecule has 0 aliphatic carbocycles. The van der Waals surface area contributed by atoms with Crippen LogP contribution in [-0.2, 0) is 6.42 Å². The molecule has 0 atom stereocenters. The predicted octanol–water partition coefficient (Wildman–Crippen LogP) is 3.32. The van der Waals surface area contributed by atoms with Crippen LogP contribution >= 0.6 is 0 Å². The summed E-state index contributed by atoms with van der Waals surface area (Å²) in [5.74, 6) is -0.477. The Labute approximate surface area is 160 Å². The van der Waals surface area contributed by atoms with Crippen molar-refractivity contribution in [1.29, 1.82) is 5.41 Å². The molecular formula is C19H19FN6O2. The zero-order valence-corrected chi connectivity index (χ0v) is 15.1. The summed E-state index contributed by atoms with van der Waals surface area (Å²) in [5, 5.41) is 23.4. The molecule has 3 rings (SSSR count). The zero-order chi connectivity index (χ0) is 19.9. The van der Waals surface area contributed by atoms with Crippen LogP contribution in [0.1, 0.15) is 16.8 Å². The lowest BCUT2D eigenvalue weighted by atomic mass is 10.1. The topological polar surface area (TPSA) is 116 Å². The summed E-state index contributed by atoms with van der Waals surface area (Å²) < 4.78 is 18.0. The van der Waals surface area contributed by atoms with Crippen LogP contribution in [0.4, 0.5) is 20.7 Å². The predicted molar refractivity (Wildman–Crippen MR) is 103 cm³/mol. The lowest BCUT2D eigenvalue weighted by Crippen LogP contribution is -2.31. The van der Waals surface area contributed by atoms with E-state index in [1.807, 2.05) is 30.3 Å². The third-order valence-corrected chi connectivity index (χ3v) is 3.93. The molecule has 2 aromatic carbocycles. The first kappa shape index (κ1) is 19.0. The van der Waals surface area contributed by atoms with Gasteiger partial charge in [0.05, 0.1) is 0 Å². The first-order valence-electron chi connectivity index (χ1n) is 8.56. The van der Waals surface area contributed by atoms with E-state index in [9.17, 15) is 9.18 Å². The Hall–Kier alpha value is -3.75. The minimum atomic E-state index is -0.488. The van der Waals surface area contributed by atoms with Gasteiger partial charge in [-0.1, -0.05) is 30.3 Å². The fraction of sp³-hybridized carbons (Fsp3) is 0.158. The van der Waals surface area contributed by atoms with Crippen molar-refractivity contribution < 1.29 is 13.8 Å². The van der Waals surface area contributed by atoms with Gasteiger partial charge in [0.1, 0.15) is 5.82 Å². The molecule has 0 spiro atoms. The number of halogens is 1. The maximum atomic E-state index is 13.4. The van der Waals surface area contributed by atoms with Gasteiger partial charge in [-0.2, -0.15) is 0 Å². The number of anilines is 2. The molecule has 9 heteroatoms. The van der Waals surface area contributed by atoms with Crippen LogP contribution in [0, 0.1) is 18.2 Å². The number of rotatable bonds is 6. The van der Waals surface area contributed by atoms with E-state index in [-0.39, 0.29) is 23.2 Å². The molecule has 8 nitrogen and oxygen atoms in total. The van der Waals surface area contributed by atoms with E-state index < -0.39 is 6.03 Å². The van der Waals surface area contributed by atoms with Crippen LogP contribution in [0.25, 0.3) is 0 Å². The van der Waals surface area contributed by atoms with Crippen molar-refractivity contribution in [3.8, 4) is 0 Å². The molecule has 28 heavy (non-hydrogen) atoms. The van der Waals surface area contributed by atoms with E-state index in [0.29, 0.717) is 24.2 Å². The molecule has 0 aliphatic rings. The van der Waals surface area contributed by atoms with Crippen LogP contribution in [-0.4, -0.2) is 28.7 Å². The highest BCUT2D eigenvalue weighted by atomic mass is 19.1. The van der Waals surface area contributed by atoms with Crippen molar-refractivity contribution in [2.24, 2.45) is 0 Å². The standard InChI is InChI=1S/C19H19FN6O2/c1-12-11-14(7-8-15(12)20)23-17(21)16-18(26-28-25-16)24-19(27)22-10-9-13-5-3-2-4-6-13/h2-8,11H,9-10H2,1H3,(H2,21,23)(H2,22,24,26,27). The minimum Gasteiger partial charge on any atom is -0.339 e. The Morgan fingerprint density at radius 1 is 1.14 bits per heavy atom. The number of benzene rings is 2. The van der Waals surface area contributed by atoms with Crippen molar-refractivity contribution in [3.05, 3.63) is 71.2 Å². The quantitative estimate of drug-likeness (QED) is 0.386. The van der Waals surface area contributed by atoms with Crippen LogP contribution in [0.3, 0.4) is 0 Å². The molecule has 0 aliphatic heterocycles. The summed E-state index contributed by atoms with van der Waals surface area (Å²) in [6.45, 7) is 2.05. The van der Waals surface area contributed by atoms with Gasteiger partial charge in [0.2, 0.25) is 5.82 Å². The number of hydrogen-bond acceptors (Lipinski definition) is 5. The fourth-order valence-corrected chi connectivity index (χ4v) is 2.48. The number of aryl methyl sites for hydroxylation is 1. The third kappa shape index (κ3) is 4.91. The molecule has 0 radical (unpaired) electrons. The van der Waals surface area contributed by atoms with Gasteiger partial charge in [-0.15, -0.1) is 0 Å². The van der Waals surface area contributed by atoms with Crippen molar-refractivity contribution in [3.63, 3.8) is 0 Å². The van der Waals surface area contributed by atoms with E-state index in [1.165, 1.54) is 12.1 Å². The highest BCUT2D eigenvalue weighted by molar-refractivity contribution is 6.09. The van der Waals surface area contributed by atoms with Gasteiger partial charge in [-0.3, -0.25) is 10.7 Å². The summed E-state index contributed by atoms with van der Waals surface area (Å²) >= 11 is 0. The maximum Gasteiger partial charge on any atom is 0.320 e. The lowest BCUT2D eigenvalue weighted by molar-refractivity contribution is 0.251. The smallest absolute Gasteiger partial charge is 0.320 e. The molecule has 4 N–H and O–H groups in total. The molecule has 0 unspecified atom stereocenters. The molecule has 0 saturated heterocycles. The molecule has 2 amide bonds. The number of carbonyl (C=O) groups excluding carboxylic acids is 1. The number of amides is 2. The molecule has 1 heterocycles. The number of hydrogen-bond donors (Lipinski definition) is 4. The number of aromatic nitrogens is 2. The Bertz CT molecular complexity index is 974. The molecule has 1 aromatic heterocycles. The summed E-state index contributed by atoms with van der Waals surface area (Å²) in [6, 6.07) is 13.6. The Balaban J connectivity index is 1.55. The van der Waals surface area contributed by atoms with Crippen molar-refractivity contribution in [2.75, 3.05) is 17.2 Å². The Morgan fingerprint density at radius 3 is 2.68 bits per heavy atom. The fourth-order valence-electron chi connectivity index (χ4n) is 2.48. The third-order valence-electron chi connectivity index (χ3n) is 3.93. The Morgan fingerprint density at radius 2 is 1.93 bits per heavy atom. The van der Waals surface area contributed by atoms with Gasteiger partial charge in [0, 0.05) is 12.2 Å². The molecule has 0 fully saturated rings. The maximum absolute atomic E-state index is 13.4. The second kappa shape index (κ2) is 8.76. The number of nitrogens with one attached hydrogen (secondary N) is 4. The van der Waals surface area contributed by atoms with E-state index in [0.717, 1.165) is 5.56 Å². The average molecular weight is 382 g/mol. The van der Waals surface area contributed by atoms with Crippen molar-refractivity contribution >= 4 is 23.4 Å². The van der Waals surface area contributed by atoms with Crippen molar-refractivity contribution in [2.45, 2.75) is 13.3 Å². The summed E-state index contributed by atoms with van der Waals surface area (Å²) in [4.78, 5) is 12.1. The first-order chi connectivity index (χ1) is 13.5. The SMILES string of the molecule is Cc1cc(NC(=N)c2nonc2NC(=O)NCCc2ccccc2)ccc1F. The number of carbonyl (C=O) groups is 1. The van der Waals surface area contributed by atoms with E-state index in [2.05, 4.69) is 30.9 Å². The van der Waals surface area contributed by atoms with Gasteiger partial charge in [0.25, 0.3) is 0 Å². The van der Waals surface area contributed by atoms with E-state index in [1.54, 1.807) is 13.0 Å². The van der Waals surface area contributed by atoms with Gasteiger partial charge >= 0.3 is 6.03 Å². The molecular weight excluding hydrogens is 363 g/mol. The molecule has 0 saturated carbocycles. The zero-order valence-electron chi connectivity index (χ0n) is 15.1. The molecule has 3 aromatic rings. The van der Waals surface area contributed by atoms with Gasteiger partial charge in [0.15, 0.2) is 11.5 Å². The largest absolute Gasteiger partial charge is 0.339 e. The number of amidine groups is 1. The Kier molecular flexibility index (Phi) is 5.95. The summed E-state index contributed by atoms with van der Waals surface area (Å²) in [5.41, 5.74) is 2.07. The van der Waals surface area contributed by atoms with Crippen LogP contribution in [0.5, 0.6) is 0 Å². The first-order valence-corrected chi connectivity index (χ1v) is 8.56. The lowest BCUT2D eigenvalue weighted by Gasteiger charge is -2.09. The van der Waals surface area contributed by atoms with Crippen LogP contribution in [0.2, 0.25) is 0 Å². The normalized spacial score (nSPS) is 10.4. The minimum absolute atomic E-state index is 0.00791. The van der Waals surface area contributed by atoms with E-state index >= 15 is 0 Å². The van der Waals surface area contributed by atoms with Gasteiger partial charge in [-0.25, -0.2) is 13.8 Å². The van der Waals surface area contributed by atoms with Crippen LogP contribution < -0.4 is 16.0 Å². The van der Waals surface area contributed by atoms with Crippen molar-refractivity contribution in [1.82, 2.24) is 15.6 Å². The average Bonchev–Trinajstić information content (AvgIpc) is 3.14. The van der Waals surface area contributed by atoms with E-state index in [4.69, 9.17) is 5.41 Å². The second-order valence-electron chi connectivity index (χ2n) is 6.04. The van der Waals surface area contributed by atoms with Crippen LogP contribution in [0.15, 0.2) is 53.2 Å². The second-order valence-corrected chi connectivity index (χ2v) is 6.04. The molecule has 0 bridgehead atoms.